The molecule has 1 aromatic carbocycles. The van der Waals surface area contributed by atoms with Gasteiger partial charge in [0.15, 0.2) is 0 Å². The largest absolute Gasteiger partial charge is 0.507 e. The Morgan fingerprint density at radius 3 is 1.39 bits per heavy atom. The number of carbonyl (C=O) groups is 3. The average Bonchev–Trinajstić information content (AvgIpc) is 2.61. The van der Waals surface area contributed by atoms with E-state index in [2.05, 4.69) is 0 Å². The molecule has 0 radical (unpaired) electrons. The van der Waals surface area contributed by atoms with Crippen molar-refractivity contribution >= 4 is 53.2 Å². The third-order valence-corrected chi connectivity index (χ3v) is 6.54. The van der Waals surface area contributed by atoms with E-state index in [4.69, 9.17) is 15.3 Å². The van der Waals surface area contributed by atoms with Crippen molar-refractivity contribution in [3.8, 4) is 5.75 Å². The number of thioether (sulfide) groups is 3. The fraction of sp³-hybridized carbons (Fsp3) is 0.500. The summed E-state index contributed by atoms with van der Waals surface area (Å²) in [5.41, 5.74) is 2.37. The third kappa shape index (κ3) is 10.7. The van der Waals surface area contributed by atoms with Crippen molar-refractivity contribution in [2.75, 3.05) is 17.3 Å². The SMILES string of the molecule is O=C(O)CCSCc1cc(CSCCC(=O)O)c(O)c(CSCCC(=O)O)c1. The van der Waals surface area contributed by atoms with Gasteiger partial charge < -0.3 is 20.4 Å². The number of hydrogen-bond donors (Lipinski definition) is 4. The first-order chi connectivity index (χ1) is 13.3. The van der Waals surface area contributed by atoms with Crippen LogP contribution in [0.5, 0.6) is 5.75 Å². The fourth-order valence-electron chi connectivity index (χ4n) is 2.17. The summed E-state index contributed by atoms with van der Waals surface area (Å²) in [7, 11) is 0. The molecular weight excluding hydrogens is 424 g/mol. The van der Waals surface area contributed by atoms with E-state index >= 15 is 0 Å². The molecule has 4 N–H and O–H groups in total. The van der Waals surface area contributed by atoms with Crippen LogP contribution >= 0.6 is 35.3 Å². The van der Waals surface area contributed by atoms with Gasteiger partial charge in [-0.15, -0.1) is 0 Å². The third-order valence-electron chi connectivity index (χ3n) is 3.49. The van der Waals surface area contributed by atoms with Crippen molar-refractivity contribution in [3.05, 3.63) is 28.8 Å². The van der Waals surface area contributed by atoms with E-state index < -0.39 is 17.9 Å². The standard InChI is InChI=1S/C18H24O7S3/c19-15(20)1-4-26-9-12-7-13(10-27-5-2-16(21)22)18(25)14(8-12)11-28-6-3-17(23)24/h7-8,25H,1-6,9-11H2,(H,19,20)(H,21,22)(H,23,24). The van der Waals surface area contributed by atoms with Crippen LogP contribution in [0.4, 0.5) is 0 Å². The minimum absolute atomic E-state index is 0.0497. The van der Waals surface area contributed by atoms with Crippen LogP contribution in [0.25, 0.3) is 0 Å². The molecule has 1 rings (SSSR count). The van der Waals surface area contributed by atoms with Crippen LogP contribution < -0.4 is 0 Å². The topological polar surface area (TPSA) is 132 Å². The minimum atomic E-state index is -0.865. The van der Waals surface area contributed by atoms with Crippen LogP contribution in [-0.2, 0) is 31.6 Å². The summed E-state index contributed by atoms with van der Waals surface area (Å²) >= 11 is 4.33. The highest BCUT2D eigenvalue weighted by Gasteiger charge is 2.12. The van der Waals surface area contributed by atoms with Crippen LogP contribution in [-0.4, -0.2) is 55.6 Å². The molecule has 10 heteroatoms. The van der Waals surface area contributed by atoms with Gasteiger partial charge in [0, 0.05) is 45.6 Å². The lowest BCUT2D eigenvalue weighted by molar-refractivity contribution is -0.137. The van der Waals surface area contributed by atoms with Crippen LogP contribution in [0.15, 0.2) is 12.1 Å². The Hall–Kier alpha value is -1.52. The molecule has 0 aliphatic rings. The number of carboxylic acids is 3. The molecule has 1 aromatic rings. The van der Waals surface area contributed by atoms with Crippen molar-refractivity contribution in [3.63, 3.8) is 0 Å². The Kier molecular flexibility index (Phi) is 11.9. The number of aliphatic carboxylic acids is 3. The zero-order valence-electron chi connectivity index (χ0n) is 15.3. The van der Waals surface area contributed by atoms with E-state index in [1.54, 1.807) is 0 Å². The minimum Gasteiger partial charge on any atom is -0.507 e. The lowest BCUT2D eigenvalue weighted by Gasteiger charge is -2.13. The van der Waals surface area contributed by atoms with Gasteiger partial charge in [-0.1, -0.05) is 12.1 Å². The first kappa shape index (κ1) is 24.5. The van der Waals surface area contributed by atoms with Crippen molar-refractivity contribution < 1.29 is 34.8 Å². The highest BCUT2D eigenvalue weighted by Crippen LogP contribution is 2.32. The number of phenols is 1. The quantitative estimate of drug-likeness (QED) is 0.295. The molecule has 0 unspecified atom stereocenters. The van der Waals surface area contributed by atoms with Gasteiger partial charge in [-0.25, -0.2) is 0 Å². The highest BCUT2D eigenvalue weighted by molar-refractivity contribution is 7.99. The van der Waals surface area contributed by atoms with Crippen molar-refractivity contribution in [1.29, 1.82) is 0 Å². The fourth-order valence-corrected chi connectivity index (χ4v) is 4.84. The van der Waals surface area contributed by atoms with Crippen molar-refractivity contribution in [2.45, 2.75) is 36.5 Å². The normalized spacial score (nSPS) is 10.7. The van der Waals surface area contributed by atoms with E-state index in [9.17, 15) is 19.5 Å². The van der Waals surface area contributed by atoms with Crippen molar-refractivity contribution in [2.24, 2.45) is 0 Å². The van der Waals surface area contributed by atoms with Gasteiger partial charge in [0.2, 0.25) is 0 Å². The Morgan fingerprint density at radius 1 is 0.679 bits per heavy atom. The molecule has 0 amide bonds. The van der Waals surface area contributed by atoms with Crippen LogP contribution in [0.2, 0.25) is 0 Å². The molecule has 0 atom stereocenters. The Labute approximate surface area is 176 Å². The molecular formula is C18H24O7S3. The zero-order valence-corrected chi connectivity index (χ0v) is 17.7. The molecule has 0 aromatic heterocycles. The number of rotatable bonds is 15. The first-order valence-corrected chi connectivity index (χ1v) is 12.0. The summed E-state index contributed by atoms with van der Waals surface area (Å²) in [6, 6.07) is 3.73. The summed E-state index contributed by atoms with van der Waals surface area (Å²) in [6.45, 7) is 0. The number of phenolic OH excluding ortho intramolecular Hbond substituents is 1. The van der Waals surface area contributed by atoms with Gasteiger partial charge in [-0.05, 0) is 5.56 Å². The van der Waals surface area contributed by atoms with Crippen LogP contribution in [0.1, 0.15) is 36.0 Å². The maximum absolute atomic E-state index is 10.6. The highest BCUT2D eigenvalue weighted by atomic mass is 32.2. The monoisotopic (exact) mass is 448 g/mol. The van der Waals surface area contributed by atoms with Gasteiger partial charge in [-0.3, -0.25) is 14.4 Å². The maximum atomic E-state index is 10.6. The Balaban J connectivity index is 2.77. The summed E-state index contributed by atoms with van der Waals surface area (Å²) < 4.78 is 0. The lowest BCUT2D eigenvalue weighted by atomic mass is 10.1. The molecule has 0 bridgehead atoms. The summed E-state index contributed by atoms with van der Waals surface area (Å²) in [5.74, 6) is 0.499. The van der Waals surface area contributed by atoms with Crippen molar-refractivity contribution in [1.82, 2.24) is 0 Å². The molecule has 28 heavy (non-hydrogen) atoms. The molecule has 0 aliphatic heterocycles. The predicted octanol–water partition coefficient (Wildman–Crippen LogP) is 3.52. The van der Waals surface area contributed by atoms with E-state index in [1.165, 1.54) is 35.3 Å². The van der Waals surface area contributed by atoms with Gasteiger partial charge in [0.25, 0.3) is 0 Å². The second-order valence-corrected chi connectivity index (χ2v) is 9.17. The van der Waals surface area contributed by atoms with E-state index in [1.807, 2.05) is 12.1 Å². The molecule has 0 aliphatic carbocycles. The lowest BCUT2D eigenvalue weighted by Crippen LogP contribution is -1.99. The Bertz CT molecular complexity index is 636. The zero-order chi connectivity index (χ0) is 20.9. The molecule has 7 nitrogen and oxygen atoms in total. The Morgan fingerprint density at radius 2 is 1.04 bits per heavy atom. The average molecular weight is 449 g/mol. The summed E-state index contributed by atoms with van der Waals surface area (Å²) in [4.78, 5) is 31.9. The van der Waals surface area contributed by atoms with E-state index in [-0.39, 0.29) is 25.0 Å². The van der Waals surface area contributed by atoms with Gasteiger partial charge >= 0.3 is 17.9 Å². The molecule has 156 valence electrons. The number of benzene rings is 1. The van der Waals surface area contributed by atoms with Gasteiger partial charge in [-0.2, -0.15) is 35.3 Å². The van der Waals surface area contributed by atoms with Gasteiger partial charge in [0.1, 0.15) is 5.75 Å². The first-order valence-electron chi connectivity index (χ1n) is 8.51. The number of hydrogen-bond acceptors (Lipinski definition) is 7. The predicted molar refractivity (Wildman–Crippen MR) is 113 cm³/mol. The van der Waals surface area contributed by atoms with Crippen LogP contribution in [0.3, 0.4) is 0 Å². The number of aromatic hydroxyl groups is 1. The van der Waals surface area contributed by atoms with E-state index in [0.717, 1.165) is 5.56 Å². The second-order valence-electron chi connectivity index (χ2n) is 5.85. The molecule has 0 saturated heterocycles. The van der Waals surface area contributed by atoms with Gasteiger partial charge in [0.05, 0.1) is 19.3 Å². The molecule has 0 fully saturated rings. The van der Waals surface area contributed by atoms with E-state index in [0.29, 0.717) is 45.6 Å². The molecule has 0 spiro atoms. The maximum Gasteiger partial charge on any atom is 0.304 e. The second kappa shape index (κ2) is 13.6. The number of carboxylic acid groups (broad SMARTS) is 3. The smallest absolute Gasteiger partial charge is 0.304 e. The van der Waals surface area contributed by atoms with Crippen LogP contribution in [0, 0.1) is 0 Å². The molecule has 0 saturated carbocycles. The summed E-state index contributed by atoms with van der Waals surface area (Å²) in [5, 5.41) is 36.7. The summed E-state index contributed by atoms with van der Waals surface area (Å²) in [6.07, 6.45) is 0.181. The molecule has 0 heterocycles.